The van der Waals surface area contributed by atoms with E-state index in [9.17, 15) is 9.59 Å². The van der Waals surface area contributed by atoms with Crippen LogP contribution in [0.25, 0.3) is 0 Å². The molecule has 0 spiro atoms. The Hall–Kier alpha value is -1.59. The van der Waals surface area contributed by atoms with Gasteiger partial charge in [-0.1, -0.05) is 17.7 Å². The van der Waals surface area contributed by atoms with E-state index in [4.69, 9.17) is 16.7 Å². The van der Waals surface area contributed by atoms with Crippen molar-refractivity contribution >= 4 is 29.2 Å². The summed E-state index contributed by atoms with van der Waals surface area (Å²) in [5.41, 5.74) is 1.57. The molecule has 0 aromatic heterocycles. The fraction of sp³-hybridized carbons (Fsp3) is 0.333. The Morgan fingerprint density at radius 2 is 2.11 bits per heavy atom. The Bertz CT molecular complexity index is 449. The second-order valence-electron chi connectivity index (χ2n) is 3.83. The van der Waals surface area contributed by atoms with Crippen LogP contribution in [0.4, 0.5) is 5.69 Å². The number of benzene rings is 1. The number of aliphatic carboxylic acids is 1. The molecule has 0 unspecified atom stereocenters. The van der Waals surface area contributed by atoms with E-state index in [0.29, 0.717) is 10.7 Å². The van der Waals surface area contributed by atoms with Crippen LogP contribution in [0.1, 0.15) is 12.0 Å². The zero-order valence-electron chi connectivity index (χ0n) is 10.00. The van der Waals surface area contributed by atoms with Crippen LogP contribution in [-0.2, 0) is 9.59 Å². The molecule has 1 aromatic carbocycles. The van der Waals surface area contributed by atoms with E-state index < -0.39 is 5.97 Å². The van der Waals surface area contributed by atoms with Gasteiger partial charge in [-0.05, 0) is 24.6 Å². The van der Waals surface area contributed by atoms with Crippen LogP contribution < -0.4 is 10.6 Å². The highest BCUT2D eigenvalue weighted by atomic mass is 35.5. The van der Waals surface area contributed by atoms with Gasteiger partial charge in [0.15, 0.2) is 0 Å². The van der Waals surface area contributed by atoms with Gasteiger partial charge in [-0.2, -0.15) is 0 Å². The molecule has 98 valence electrons. The zero-order valence-corrected chi connectivity index (χ0v) is 10.8. The van der Waals surface area contributed by atoms with Crippen LogP contribution >= 0.6 is 11.6 Å². The van der Waals surface area contributed by atoms with Crippen molar-refractivity contribution in [3.8, 4) is 0 Å². The van der Waals surface area contributed by atoms with E-state index >= 15 is 0 Å². The molecule has 0 saturated carbocycles. The van der Waals surface area contributed by atoms with Gasteiger partial charge >= 0.3 is 5.97 Å². The highest BCUT2D eigenvalue weighted by Gasteiger charge is 2.05. The number of aryl methyl sites for hydroxylation is 1. The molecule has 3 N–H and O–H groups in total. The highest BCUT2D eigenvalue weighted by Crippen LogP contribution is 2.19. The quantitative estimate of drug-likeness (QED) is 0.687. The van der Waals surface area contributed by atoms with Crippen molar-refractivity contribution < 1.29 is 14.7 Å². The summed E-state index contributed by atoms with van der Waals surface area (Å²) in [7, 11) is 0. The molecular formula is C12H15ClN2O3. The Morgan fingerprint density at radius 1 is 1.39 bits per heavy atom. The minimum Gasteiger partial charge on any atom is -0.481 e. The normalized spacial score (nSPS) is 10.1. The third-order valence-electron chi connectivity index (χ3n) is 2.27. The number of anilines is 1. The smallest absolute Gasteiger partial charge is 0.304 e. The van der Waals surface area contributed by atoms with Crippen molar-refractivity contribution in [1.29, 1.82) is 0 Å². The third-order valence-corrected chi connectivity index (χ3v) is 2.51. The highest BCUT2D eigenvalue weighted by molar-refractivity contribution is 6.31. The average Bonchev–Trinajstić information content (AvgIpc) is 2.29. The molecule has 0 aliphatic rings. The summed E-state index contributed by atoms with van der Waals surface area (Å²) in [5, 5.41) is 14.4. The van der Waals surface area contributed by atoms with Crippen LogP contribution in [0.3, 0.4) is 0 Å². The molecule has 1 rings (SSSR count). The fourth-order valence-electron chi connectivity index (χ4n) is 1.32. The number of carboxylic acids is 1. The fourth-order valence-corrected chi connectivity index (χ4v) is 1.49. The first-order valence-electron chi connectivity index (χ1n) is 5.47. The Morgan fingerprint density at radius 3 is 2.78 bits per heavy atom. The van der Waals surface area contributed by atoms with Crippen molar-refractivity contribution in [2.24, 2.45) is 0 Å². The molecule has 0 saturated heterocycles. The number of amides is 1. The molecule has 0 radical (unpaired) electrons. The van der Waals surface area contributed by atoms with E-state index in [1.807, 2.05) is 13.0 Å². The standard InChI is InChI=1S/C12H15ClN2O3/c1-8-2-3-9(13)6-10(8)15-11(16)7-14-5-4-12(17)18/h2-3,6,14H,4-5,7H2,1H3,(H,15,16)(H,17,18). The predicted octanol–water partition coefficient (Wildman–Crippen LogP) is 1.65. The lowest BCUT2D eigenvalue weighted by Crippen LogP contribution is -2.29. The lowest BCUT2D eigenvalue weighted by Gasteiger charge is -2.09. The monoisotopic (exact) mass is 270 g/mol. The van der Waals surface area contributed by atoms with E-state index in [2.05, 4.69) is 10.6 Å². The van der Waals surface area contributed by atoms with E-state index in [-0.39, 0.29) is 25.4 Å². The molecule has 1 aromatic rings. The first kappa shape index (κ1) is 14.5. The molecule has 1 amide bonds. The lowest BCUT2D eigenvalue weighted by molar-refractivity contribution is -0.137. The molecule has 6 heteroatoms. The molecular weight excluding hydrogens is 256 g/mol. The first-order valence-corrected chi connectivity index (χ1v) is 5.85. The van der Waals surface area contributed by atoms with Gasteiger partial charge in [0, 0.05) is 17.3 Å². The van der Waals surface area contributed by atoms with Gasteiger partial charge < -0.3 is 15.7 Å². The Kier molecular flexibility index (Phi) is 5.61. The predicted molar refractivity (Wildman–Crippen MR) is 69.9 cm³/mol. The number of rotatable bonds is 6. The maximum absolute atomic E-state index is 11.6. The van der Waals surface area contributed by atoms with E-state index in [1.165, 1.54) is 0 Å². The van der Waals surface area contributed by atoms with Gasteiger partial charge in [0.05, 0.1) is 13.0 Å². The molecule has 5 nitrogen and oxygen atoms in total. The largest absolute Gasteiger partial charge is 0.481 e. The number of hydrogen-bond donors (Lipinski definition) is 3. The van der Waals surface area contributed by atoms with Crippen molar-refractivity contribution in [3.63, 3.8) is 0 Å². The molecule has 0 bridgehead atoms. The zero-order chi connectivity index (χ0) is 13.5. The molecule has 0 heterocycles. The van der Waals surface area contributed by atoms with Gasteiger partial charge in [-0.3, -0.25) is 9.59 Å². The van der Waals surface area contributed by atoms with Crippen molar-refractivity contribution in [2.75, 3.05) is 18.4 Å². The van der Waals surface area contributed by atoms with E-state index in [1.54, 1.807) is 12.1 Å². The summed E-state index contributed by atoms with van der Waals surface area (Å²) < 4.78 is 0. The Balaban J connectivity index is 2.40. The molecule has 0 fully saturated rings. The number of nitrogens with one attached hydrogen (secondary N) is 2. The van der Waals surface area contributed by atoms with Crippen molar-refractivity contribution in [2.45, 2.75) is 13.3 Å². The van der Waals surface area contributed by atoms with Crippen LogP contribution in [0.2, 0.25) is 5.02 Å². The van der Waals surface area contributed by atoms with Gasteiger partial charge in [-0.15, -0.1) is 0 Å². The summed E-state index contributed by atoms with van der Waals surface area (Å²) in [6.07, 6.45) is -0.0104. The second-order valence-corrected chi connectivity index (χ2v) is 4.26. The van der Waals surface area contributed by atoms with Crippen LogP contribution in [-0.4, -0.2) is 30.1 Å². The van der Waals surface area contributed by atoms with Crippen LogP contribution in [0.5, 0.6) is 0 Å². The average molecular weight is 271 g/mol. The van der Waals surface area contributed by atoms with E-state index in [0.717, 1.165) is 5.56 Å². The van der Waals surface area contributed by atoms with Gasteiger partial charge in [0.1, 0.15) is 0 Å². The Labute approximate surface area is 110 Å². The summed E-state index contributed by atoms with van der Waals surface area (Å²) in [6, 6.07) is 5.24. The number of halogens is 1. The second kappa shape index (κ2) is 6.98. The number of hydrogen-bond acceptors (Lipinski definition) is 3. The van der Waals surface area contributed by atoms with Crippen LogP contribution in [0.15, 0.2) is 18.2 Å². The number of carbonyl (C=O) groups excluding carboxylic acids is 1. The molecule has 0 atom stereocenters. The van der Waals surface area contributed by atoms with Gasteiger partial charge in [-0.25, -0.2) is 0 Å². The lowest BCUT2D eigenvalue weighted by atomic mass is 10.2. The topological polar surface area (TPSA) is 78.4 Å². The van der Waals surface area contributed by atoms with Crippen molar-refractivity contribution in [1.82, 2.24) is 5.32 Å². The van der Waals surface area contributed by atoms with Crippen molar-refractivity contribution in [3.05, 3.63) is 28.8 Å². The van der Waals surface area contributed by atoms with Gasteiger partial charge in [0.2, 0.25) is 5.91 Å². The first-order chi connectivity index (χ1) is 8.49. The summed E-state index contributed by atoms with van der Waals surface area (Å²) in [5.74, 6) is -1.13. The molecule has 18 heavy (non-hydrogen) atoms. The third kappa shape index (κ3) is 5.16. The maximum atomic E-state index is 11.6. The number of carboxylic acid groups (broad SMARTS) is 1. The maximum Gasteiger partial charge on any atom is 0.304 e. The minimum atomic E-state index is -0.895. The summed E-state index contributed by atoms with van der Waals surface area (Å²) in [6.45, 7) is 2.19. The van der Waals surface area contributed by atoms with Gasteiger partial charge in [0.25, 0.3) is 0 Å². The van der Waals surface area contributed by atoms with Crippen LogP contribution in [0, 0.1) is 6.92 Å². The molecule has 0 aliphatic heterocycles. The molecule has 0 aliphatic carbocycles. The summed E-state index contributed by atoms with van der Waals surface area (Å²) in [4.78, 5) is 21.8. The minimum absolute atomic E-state index is 0.0104. The SMILES string of the molecule is Cc1ccc(Cl)cc1NC(=O)CNCCC(=O)O. The number of carbonyl (C=O) groups is 2. The summed E-state index contributed by atoms with van der Waals surface area (Å²) >= 11 is 5.83.